The van der Waals surface area contributed by atoms with E-state index in [1.54, 1.807) is 12.1 Å². The zero-order valence-corrected chi connectivity index (χ0v) is 17.5. The summed E-state index contributed by atoms with van der Waals surface area (Å²) in [5, 5.41) is 0. The molecule has 2 N–H and O–H groups in total. The minimum Gasteiger partial charge on any atom is -0.377 e. The van der Waals surface area contributed by atoms with E-state index in [4.69, 9.17) is 4.74 Å². The number of hydrogen-bond donors (Lipinski definition) is 2. The van der Waals surface area contributed by atoms with Gasteiger partial charge in [-0.05, 0) is 61.4 Å². The highest BCUT2D eigenvalue weighted by atomic mass is 79.9. The molecule has 146 valence electrons. The molecule has 1 atom stereocenters. The fourth-order valence-electron chi connectivity index (χ4n) is 2.62. The van der Waals surface area contributed by atoms with E-state index in [2.05, 4.69) is 25.4 Å². The van der Waals surface area contributed by atoms with E-state index >= 15 is 0 Å². The summed E-state index contributed by atoms with van der Waals surface area (Å²) >= 11 is 3.25. The summed E-state index contributed by atoms with van der Waals surface area (Å²) in [4.78, 5) is 0.174. The van der Waals surface area contributed by atoms with Crippen LogP contribution >= 0.6 is 15.9 Å². The Kier molecular flexibility index (Phi) is 6.21. The van der Waals surface area contributed by atoms with Crippen molar-refractivity contribution in [3.05, 3.63) is 53.0 Å². The van der Waals surface area contributed by atoms with Crippen molar-refractivity contribution in [3.8, 4) is 0 Å². The Labute approximate surface area is 167 Å². The van der Waals surface area contributed by atoms with Crippen LogP contribution in [0.2, 0.25) is 0 Å². The van der Waals surface area contributed by atoms with Gasteiger partial charge in [-0.2, -0.15) is 0 Å². The molecule has 1 unspecified atom stereocenters. The highest BCUT2D eigenvalue weighted by molar-refractivity contribution is 9.10. The third kappa shape index (κ3) is 5.29. The molecule has 0 aromatic heterocycles. The second-order valence-electron chi connectivity index (χ2n) is 6.07. The van der Waals surface area contributed by atoms with E-state index in [1.807, 2.05) is 0 Å². The van der Waals surface area contributed by atoms with Crippen LogP contribution in [0.15, 0.2) is 62.8 Å². The molecule has 3 rings (SSSR count). The minimum atomic E-state index is -3.75. The Hall–Kier alpha value is -1.46. The Morgan fingerprint density at radius 2 is 1.52 bits per heavy atom. The number of sulfonamides is 2. The largest absolute Gasteiger partial charge is 0.377 e. The van der Waals surface area contributed by atoms with Gasteiger partial charge >= 0.3 is 0 Å². The Bertz CT molecular complexity index is 985. The summed E-state index contributed by atoms with van der Waals surface area (Å²) in [6, 6.07) is 11.7. The first kappa shape index (κ1) is 20.3. The first-order chi connectivity index (χ1) is 12.8. The molecule has 1 fully saturated rings. The number of hydrogen-bond acceptors (Lipinski definition) is 5. The predicted molar refractivity (Wildman–Crippen MR) is 106 cm³/mol. The molecule has 0 radical (unpaired) electrons. The third-order valence-electron chi connectivity index (χ3n) is 4.07. The van der Waals surface area contributed by atoms with E-state index in [-0.39, 0.29) is 28.1 Å². The van der Waals surface area contributed by atoms with Gasteiger partial charge in [-0.15, -0.1) is 0 Å². The highest BCUT2D eigenvalue weighted by Crippen LogP contribution is 2.20. The lowest BCUT2D eigenvalue weighted by Gasteiger charge is -2.12. The van der Waals surface area contributed by atoms with Crippen molar-refractivity contribution in [1.82, 2.24) is 4.72 Å². The average molecular weight is 475 g/mol. The van der Waals surface area contributed by atoms with Gasteiger partial charge in [0.25, 0.3) is 10.0 Å². The average Bonchev–Trinajstić information content (AvgIpc) is 3.14. The van der Waals surface area contributed by atoms with Crippen molar-refractivity contribution in [3.63, 3.8) is 0 Å². The molecule has 1 aliphatic heterocycles. The lowest BCUT2D eigenvalue weighted by Crippen LogP contribution is -2.31. The predicted octanol–water partition coefficient (Wildman–Crippen LogP) is 2.71. The molecule has 0 spiro atoms. The summed E-state index contributed by atoms with van der Waals surface area (Å²) in [6.07, 6.45) is 1.66. The van der Waals surface area contributed by atoms with Crippen molar-refractivity contribution in [2.75, 3.05) is 17.9 Å². The van der Waals surface area contributed by atoms with Crippen LogP contribution in [0.1, 0.15) is 12.8 Å². The SMILES string of the molecule is O=S(=O)(NCC1CCCO1)c1ccc(NS(=O)(=O)c2ccc(Br)cc2)cc1. The summed E-state index contributed by atoms with van der Waals surface area (Å²) < 4.78 is 60.5. The summed E-state index contributed by atoms with van der Waals surface area (Å²) in [6.45, 7) is 0.875. The maximum Gasteiger partial charge on any atom is 0.261 e. The second kappa shape index (κ2) is 8.27. The van der Waals surface area contributed by atoms with Crippen LogP contribution in [0.25, 0.3) is 0 Å². The maximum atomic E-state index is 12.4. The number of nitrogens with one attached hydrogen (secondary N) is 2. The van der Waals surface area contributed by atoms with Crippen LogP contribution in [0.4, 0.5) is 5.69 Å². The third-order valence-corrected chi connectivity index (χ3v) is 7.43. The van der Waals surface area contributed by atoms with E-state index in [0.717, 1.165) is 17.3 Å². The second-order valence-corrected chi connectivity index (χ2v) is 10.4. The molecule has 1 aliphatic rings. The van der Waals surface area contributed by atoms with Crippen LogP contribution in [0.5, 0.6) is 0 Å². The lowest BCUT2D eigenvalue weighted by atomic mass is 10.2. The van der Waals surface area contributed by atoms with Crippen molar-refractivity contribution in [2.24, 2.45) is 0 Å². The van der Waals surface area contributed by atoms with E-state index in [9.17, 15) is 16.8 Å². The quantitative estimate of drug-likeness (QED) is 0.642. The van der Waals surface area contributed by atoms with Crippen molar-refractivity contribution in [1.29, 1.82) is 0 Å². The van der Waals surface area contributed by atoms with Gasteiger partial charge < -0.3 is 4.74 Å². The summed E-state index contributed by atoms with van der Waals surface area (Å²) in [5.74, 6) is 0. The first-order valence-corrected chi connectivity index (χ1v) is 12.0. The van der Waals surface area contributed by atoms with Gasteiger partial charge in [0.2, 0.25) is 10.0 Å². The molecule has 27 heavy (non-hydrogen) atoms. The molecule has 0 bridgehead atoms. The first-order valence-electron chi connectivity index (χ1n) is 8.26. The zero-order valence-electron chi connectivity index (χ0n) is 14.3. The summed E-state index contributed by atoms with van der Waals surface area (Å²) in [5.41, 5.74) is 0.274. The van der Waals surface area contributed by atoms with E-state index < -0.39 is 20.0 Å². The van der Waals surface area contributed by atoms with Crippen LogP contribution in [0.3, 0.4) is 0 Å². The molecule has 1 saturated heterocycles. The molecular weight excluding hydrogens is 456 g/mol. The maximum absolute atomic E-state index is 12.4. The summed E-state index contributed by atoms with van der Waals surface area (Å²) in [7, 11) is -7.43. The van der Waals surface area contributed by atoms with Gasteiger partial charge in [0, 0.05) is 23.3 Å². The van der Waals surface area contributed by atoms with Crippen molar-refractivity contribution >= 4 is 41.7 Å². The number of ether oxygens (including phenoxy) is 1. The number of anilines is 1. The van der Waals surface area contributed by atoms with E-state index in [0.29, 0.717) is 6.61 Å². The van der Waals surface area contributed by atoms with E-state index in [1.165, 1.54) is 36.4 Å². The molecule has 2 aromatic rings. The lowest BCUT2D eigenvalue weighted by molar-refractivity contribution is 0.114. The number of rotatable bonds is 7. The van der Waals surface area contributed by atoms with Gasteiger partial charge in [-0.3, -0.25) is 4.72 Å². The molecule has 0 aliphatic carbocycles. The normalized spacial score (nSPS) is 17.7. The smallest absolute Gasteiger partial charge is 0.261 e. The van der Waals surface area contributed by atoms with Gasteiger partial charge in [-0.25, -0.2) is 21.6 Å². The van der Waals surface area contributed by atoms with Crippen LogP contribution in [0, 0.1) is 0 Å². The monoisotopic (exact) mass is 474 g/mol. The van der Waals surface area contributed by atoms with Gasteiger partial charge in [0.15, 0.2) is 0 Å². The van der Waals surface area contributed by atoms with Crippen molar-refractivity contribution in [2.45, 2.75) is 28.7 Å². The van der Waals surface area contributed by atoms with Gasteiger partial charge in [0.1, 0.15) is 0 Å². The molecule has 7 nitrogen and oxygen atoms in total. The highest BCUT2D eigenvalue weighted by Gasteiger charge is 2.20. The molecule has 2 aromatic carbocycles. The van der Waals surface area contributed by atoms with Crippen LogP contribution < -0.4 is 9.44 Å². The molecule has 0 amide bonds. The Balaban J connectivity index is 1.68. The fourth-order valence-corrected chi connectivity index (χ4v) is 5.01. The molecule has 1 heterocycles. The minimum absolute atomic E-state index is 0.0621. The topological polar surface area (TPSA) is 102 Å². The van der Waals surface area contributed by atoms with Gasteiger partial charge in [0.05, 0.1) is 15.9 Å². The fraction of sp³-hybridized carbons (Fsp3) is 0.294. The number of halogens is 1. The standard InChI is InChI=1S/C17H19BrN2O5S2/c18-13-3-7-17(8-4-13)27(23,24)20-14-5-9-16(10-6-14)26(21,22)19-12-15-2-1-11-25-15/h3-10,15,19-20H,1-2,11-12H2. The Morgan fingerprint density at radius 1 is 0.926 bits per heavy atom. The molecule has 10 heteroatoms. The number of benzene rings is 2. The Morgan fingerprint density at radius 3 is 2.11 bits per heavy atom. The molecule has 0 saturated carbocycles. The van der Waals surface area contributed by atoms with Crippen LogP contribution in [-0.4, -0.2) is 36.1 Å². The zero-order chi connectivity index (χ0) is 19.5. The molecular formula is C17H19BrN2O5S2. The van der Waals surface area contributed by atoms with Crippen LogP contribution in [-0.2, 0) is 24.8 Å². The van der Waals surface area contributed by atoms with Crippen molar-refractivity contribution < 1.29 is 21.6 Å². The van der Waals surface area contributed by atoms with Gasteiger partial charge in [-0.1, -0.05) is 15.9 Å².